The number of carbonyl (C=O) groups is 1. The lowest BCUT2D eigenvalue weighted by atomic mass is 10.1. The second kappa shape index (κ2) is 7.63. The Bertz CT molecular complexity index is 1170. The number of rotatable bonds is 5. The van der Waals surface area contributed by atoms with Crippen LogP contribution in [0.1, 0.15) is 25.5 Å². The van der Waals surface area contributed by atoms with E-state index in [-0.39, 0.29) is 17.7 Å². The number of pyridine rings is 1. The molecule has 0 bridgehead atoms. The van der Waals surface area contributed by atoms with Crippen molar-refractivity contribution in [3.8, 4) is 28.8 Å². The Morgan fingerprint density at radius 3 is 2.76 bits per heavy atom. The molecule has 0 spiro atoms. The zero-order valence-electron chi connectivity index (χ0n) is 15.9. The highest BCUT2D eigenvalue weighted by Gasteiger charge is 2.13. The van der Waals surface area contributed by atoms with E-state index in [9.17, 15) is 9.90 Å². The molecule has 1 atom stereocenters. The molecule has 0 saturated carbocycles. The predicted molar refractivity (Wildman–Crippen MR) is 108 cm³/mol. The highest BCUT2D eigenvalue weighted by Crippen LogP contribution is 2.28. The predicted octanol–water partition coefficient (Wildman–Crippen LogP) is 4.58. The summed E-state index contributed by atoms with van der Waals surface area (Å²) in [4.78, 5) is 20.1. The molecule has 7 nitrogen and oxygen atoms in total. The number of amides is 1. The summed E-state index contributed by atoms with van der Waals surface area (Å²) in [5, 5.41) is 12.4. The number of ether oxygens (including phenoxy) is 1. The number of nitrogens with one attached hydrogen (secondary N) is 1. The Hall–Kier alpha value is -3.87. The molecule has 2 aromatic carbocycles. The molecule has 0 aliphatic carbocycles. The van der Waals surface area contributed by atoms with Crippen molar-refractivity contribution in [1.29, 1.82) is 0 Å². The molecule has 0 saturated heterocycles. The fourth-order valence-corrected chi connectivity index (χ4v) is 2.96. The van der Waals surface area contributed by atoms with Crippen LogP contribution in [0.2, 0.25) is 0 Å². The van der Waals surface area contributed by atoms with Crippen molar-refractivity contribution in [2.45, 2.75) is 19.9 Å². The summed E-state index contributed by atoms with van der Waals surface area (Å²) in [7, 11) is 0. The summed E-state index contributed by atoms with van der Waals surface area (Å²) in [5.41, 5.74) is 3.01. The molecular weight excluding hydrogens is 370 g/mol. The molecule has 0 radical (unpaired) electrons. The van der Waals surface area contributed by atoms with Crippen LogP contribution in [0.5, 0.6) is 17.4 Å². The van der Waals surface area contributed by atoms with Gasteiger partial charge in [-0.3, -0.25) is 4.79 Å². The molecule has 2 aromatic heterocycles. The number of phenols is 1. The van der Waals surface area contributed by atoms with E-state index < -0.39 is 0 Å². The van der Waals surface area contributed by atoms with Crippen LogP contribution in [0.4, 0.5) is 0 Å². The number of nitrogens with zero attached hydrogens (tertiary/aromatic N) is 2. The summed E-state index contributed by atoms with van der Waals surface area (Å²) in [6, 6.07) is 15.5. The lowest BCUT2D eigenvalue weighted by Gasteiger charge is -2.12. The maximum atomic E-state index is 11.3. The number of aromatic hydroxyl groups is 1. The highest BCUT2D eigenvalue weighted by atomic mass is 16.5. The van der Waals surface area contributed by atoms with Gasteiger partial charge in [0.25, 0.3) is 0 Å². The van der Waals surface area contributed by atoms with Gasteiger partial charge in [-0.15, -0.1) is 0 Å². The van der Waals surface area contributed by atoms with Gasteiger partial charge < -0.3 is 19.6 Å². The molecule has 4 rings (SSSR count). The normalized spacial score (nSPS) is 11.9. The van der Waals surface area contributed by atoms with E-state index in [1.807, 2.05) is 25.1 Å². The van der Waals surface area contributed by atoms with Crippen molar-refractivity contribution >= 4 is 17.0 Å². The Morgan fingerprint density at radius 1 is 1.17 bits per heavy atom. The largest absolute Gasteiger partial charge is 0.508 e. The Balaban J connectivity index is 1.55. The van der Waals surface area contributed by atoms with Crippen molar-refractivity contribution in [3.63, 3.8) is 0 Å². The Kier molecular flexibility index (Phi) is 4.87. The molecule has 29 heavy (non-hydrogen) atoms. The quantitative estimate of drug-likeness (QED) is 0.518. The fourth-order valence-electron chi connectivity index (χ4n) is 2.96. The number of carbonyl (C=O) groups excluding carboxylic acids is 1. The molecule has 7 heteroatoms. The number of aromatic nitrogens is 2. The molecule has 2 N–H and O–H groups in total. The number of fused-ring (bicyclic) bond motifs is 1. The van der Waals surface area contributed by atoms with Gasteiger partial charge in [-0.25, -0.2) is 9.97 Å². The van der Waals surface area contributed by atoms with Crippen LogP contribution in [-0.4, -0.2) is 21.0 Å². The average molecular weight is 389 g/mol. The molecule has 0 aliphatic rings. The molecule has 0 fully saturated rings. The fraction of sp³-hybridized carbons (Fsp3) is 0.136. The smallest absolute Gasteiger partial charge is 0.228 e. The molecule has 146 valence electrons. The maximum Gasteiger partial charge on any atom is 0.228 e. The van der Waals surface area contributed by atoms with E-state index in [1.165, 1.54) is 13.0 Å². The lowest BCUT2D eigenvalue weighted by Crippen LogP contribution is -2.23. The van der Waals surface area contributed by atoms with E-state index in [1.54, 1.807) is 36.5 Å². The van der Waals surface area contributed by atoms with E-state index >= 15 is 0 Å². The lowest BCUT2D eigenvalue weighted by molar-refractivity contribution is -0.119. The third-order valence-electron chi connectivity index (χ3n) is 4.35. The van der Waals surface area contributed by atoms with Crippen LogP contribution in [0.3, 0.4) is 0 Å². The van der Waals surface area contributed by atoms with Gasteiger partial charge in [0.15, 0.2) is 5.58 Å². The van der Waals surface area contributed by atoms with Crippen molar-refractivity contribution in [2.75, 3.05) is 0 Å². The second-order valence-electron chi connectivity index (χ2n) is 6.65. The standard InChI is InChI=1S/C22H19N3O4/c1-13(24-14(2)26)15-6-8-20-19(10-15)25-22(29-20)16-7-9-21(23-12-16)28-18-5-3-4-17(27)11-18/h3-13,27H,1-2H3,(H,24,26). The third kappa shape index (κ3) is 4.19. The first-order chi connectivity index (χ1) is 14.0. The van der Waals surface area contributed by atoms with Crippen LogP contribution in [-0.2, 0) is 4.79 Å². The number of benzene rings is 2. The zero-order chi connectivity index (χ0) is 20.4. The van der Waals surface area contributed by atoms with Crippen LogP contribution < -0.4 is 10.1 Å². The number of oxazole rings is 1. The van der Waals surface area contributed by atoms with Crippen molar-refractivity contribution < 1.29 is 19.1 Å². The van der Waals surface area contributed by atoms with Gasteiger partial charge in [0.1, 0.15) is 17.0 Å². The van der Waals surface area contributed by atoms with E-state index in [0.29, 0.717) is 34.2 Å². The number of hydrogen-bond donors (Lipinski definition) is 2. The monoisotopic (exact) mass is 389 g/mol. The number of hydrogen-bond acceptors (Lipinski definition) is 6. The summed E-state index contributed by atoms with van der Waals surface area (Å²) in [6.07, 6.45) is 1.61. The van der Waals surface area contributed by atoms with E-state index in [0.717, 1.165) is 5.56 Å². The highest BCUT2D eigenvalue weighted by molar-refractivity contribution is 5.78. The maximum absolute atomic E-state index is 11.3. The van der Waals surface area contributed by atoms with Crippen LogP contribution >= 0.6 is 0 Å². The summed E-state index contributed by atoms with van der Waals surface area (Å²) in [6.45, 7) is 3.41. The molecule has 2 heterocycles. The zero-order valence-corrected chi connectivity index (χ0v) is 15.9. The Labute approximate surface area is 167 Å². The van der Waals surface area contributed by atoms with E-state index in [4.69, 9.17) is 9.15 Å². The molecule has 1 unspecified atom stereocenters. The van der Waals surface area contributed by atoms with Crippen molar-refractivity contribution in [2.24, 2.45) is 0 Å². The minimum Gasteiger partial charge on any atom is -0.508 e. The van der Waals surface area contributed by atoms with Gasteiger partial charge in [0.2, 0.25) is 17.7 Å². The van der Waals surface area contributed by atoms with E-state index in [2.05, 4.69) is 15.3 Å². The first-order valence-corrected chi connectivity index (χ1v) is 9.09. The minimum atomic E-state index is -0.118. The third-order valence-corrected chi connectivity index (χ3v) is 4.35. The molecule has 0 aliphatic heterocycles. The topological polar surface area (TPSA) is 97.5 Å². The molecular formula is C22H19N3O4. The summed E-state index contributed by atoms with van der Waals surface area (Å²) >= 11 is 0. The van der Waals surface area contributed by atoms with Gasteiger partial charge in [0, 0.05) is 25.3 Å². The van der Waals surface area contributed by atoms with Crippen LogP contribution in [0, 0.1) is 0 Å². The second-order valence-corrected chi connectivity index (χ2v) is 6.65. The average Bonchev–Trinajstić information content (AvgIpc) is 3.11. The van der Waals surface area contributed by atoms with Gasteiger partial charge >= 0.3 is 0 Å². The van der Waals surface area contributed by atoms with Gasteiger partial charge in [-0.05, 0) is 42.8 Å². The van der Waals surface area contributed by atoms with Gasteiger partial charge in [-0.2, -0.15) is 0 Å². The first kappa shape index (κ1) is 18.5. The van der Waals surface area contributed by atoms with Crippen molar-refractivity contribution in [3.05, 3.63) is 66.4 Å². The summed E-state index contributed by atoms with van der Waals surface area (Å²) in [5.74, 6) is 1.37. The van der Waals surface area contributed by atoms with Crippen LogP contribution in [0.15, 0.2) is 65.2 Å². The SMILES string of the molecule is CC(=O)NC(C)c1ccc2oc(-c3ccc(Oc4cccc(O)c4)nc3)nc2c1. The Morgan fingerprint density at radius 2 is 2.03 bits per heavy atom. The number of phenolic OH excluding ortho intramolecular Hbond substituents is 1. The summed E-state index contributed by atoms with van der Waals surface area (Å²) < 4.78 is 11.5. The first-order valence-electron chi connectivity index (χ1n) is 9.09. The van der Waals surface area contributed by atoms with Gasteiger partial charge in [-0.1, -0.05) is 12.1 Å². The van der Waals surface area contributed by atoms with Crippen LogP contribution in [0.25, 0.3) is 22.6 Å². The molecule has 1 amide bonds. The van der Waals surface area contributed by atoms with Gasteiger partial charge in [0.05, 0.1) is 11.6 Å². The van der Waals surface area contributed by atoms with Crippen molar-refractivity contribution in [1.82, 2.24) is 15.3 Å². The minimum absolute atomic E-state index is 0.0856. The molecule has 4 aromatic rings.